The number of carbonyl (C=O) groups excluding carboxylic acids is 3. The number of nitrogens with zero attached hydrogens (tertiary/aromatic N) is 2. The lowest BCUT2D eigenvalue weighted by molar-refractivity contribution is -0.267. The highest BCUT2D eigenvalue weighted by molar-refractivity contribution is 5.76. The van der Waals surface area contributed by atoms with Crippen molar-refractivity contribution in [3.8, 4) is 0 Å². The van der Waals surface area contributed by atoms with Gasteiger partial charge in [-0.3, -0.25) is 14.4 Å². The smallest absolute Gasteiger partial charge is 0.311 e. The van der Waals surface area contributed by atoms with E-state index in [-0.39, 0.29) is 62.2 Å². The molecule has 356 valence electrons. The fraction of sp³-hybridized carbons (Fsp3) is 0.932. The number of hydrogen-bond acceptors (Lipinski definition) is 16. The number of methoxy groups -OCH3 is 1. The molecule has 5 N–H and O–H groups in total. The van der Waals surface area contributed by atoms with Crippen molar-refractivity contribution in [3.63, 3.8) is 0 Å². The maximum Gasteiger partial charge on any atom is 0.311 e. The zero-order chi connectivity index (χ0) is 45.8. The fourth-order valence-electron chi connectivity index (χ4n) is 9.12. The monoisotopic (exact) mass is 875 g/mol. The minimum Gasteiger partial charge on any atom is -0.459 e. The van der Waals surface area contributed by atoms with E-state index in [1.165, 1.54) is 6.92 Å². The fourth-order valence-corrected chi connectivity index (χ4v) is 9.12. The van der Waals surface area contributed by atoms with Crippen molar-refractivity contribution in [2.45, 2.75) is 185 Å². The van der Waals surface area contributed by atoms with Gasteiger partial charge in [0.2, 0.25) is 5.91 Å². The van der Waals surface area contributed by atoms with E-state index in [0.29, 0.717) is 32.2 Å². The second-order valence-electron chi connectivity index (χ2n) is 18.8. The molecule has 3 rings (SSSR count). The van der Waals surface area contributed by atoms with Gasteiger partial charge in [-0.25, -0.2) is 0 Å². The third-order valence-corrected chi connectivity index (χ3v) is 13.0. The molecule has 17 heteroatoms. The van der Waals surface area contributed by atoms with Crippen LogP contribution in [0, 0.1) is 17.8 Å². The summed E-state index contributed by atoms with van der Waals surface area (Å²) in [6.07, 6.45) is -4.75. The van der Waals surface area contributed by atoms with E-state index in [4.69, 9.17) is 33.2 Å². The second-order valence-corrected chi connectivity index (χ2v) is 18.8. The topological polar surface area (TPSA) is 207 Å². The summed E-state index contributed by atoms with van der Waals surface area (Å²) in [5.41, 5.74) is -2.89. The SMILES string of the molecule is CC[C@H]1OC(=O)[C@H](C)[C@@H](O[C@H]2C[C@H](C)[C@@H](OC(=O)CCNCCN(C)C)C(C)O2)[C@H](C)C[C@](CCO[C@@H]2O[C@H](C)C[C@H](N(C)C)[C@H]2O)(OC)CCC(=O)N[C@H](C)C(O)[C@]1(C)O. The van der Waals surface area contributed by atoms with E-state index in [2.05, 4.69) is 15.5 Å². The molecule has 61 heavy (non-hydrogen) atoms. The molecule has 3 aliphatic rings. The van der Waals surface area contributed by atoms with Gasteiger partial charge in [-0.15, -0.1) is 0 Å². The predicted molar refractivity (Wildman–Crippen MR) is 228 cm³/mol. The number of hydrogen-bond donors (Lipinski definition) is 5. The maximum absolute atomic E-state index is 14.2. The Bertz CT molecular complexity index is 1350. The lowest BCUT2D eigenvalue weighted by Gasteiger charge is -2.43. The largest absolute Gasteiger partial charge is 0.459 e. The number of esters is 2. The van der Waals surface area contributed by atoms with E-state index < -0.39 is 84.3 Å². The van der Waals surface area contributed by atoms with Crippen molar-refractivity contribution in [3.05, 3.63) is 0 Å². The molecule has 3 fully saturated rings. The van der Waals surface area contributed by atoms with Crippen molar-refractivity contribution in [1.29, 1.82) is 0 Å². The van der Waals surface area contributed by atoms with Gasteiger partial charge in [-0.05, 0) is 101 Å². The minimum absolute atomic E-state index is 0.0167. The molecule has 0 aliphatic carbocycles. The van der Waals surface area contributed by atoms with Gasteiger partial charge in [0.25, 0.3) is 0 Å². The van der Waals surface area contributed by atoms with Gasteiger partial charge in [-0.1, -0.05) is 20.8 Å². The first kappa shape index (κ1) is 53.3. The molecule has 2 unspecified atom stereocenters. The van der Waals surface area contributed by atoms with Crippen molar-refractivity contribution >= 4 is 17.8 Å². The van der Waals surface area contributed by atoms with Gasteiger partial charge in [0.15, 0.2) is 12.6 Å². The molecular weight excluding hydrogens is 792 g/mol. The average molecular weight is 875 g/mol. The Morgan fingerprint density at radius 2 is 1.67 bits per heavy atom. The first-order valence-electron chi connectivity index (χ1n) is 22.5. The summed E-state index contributed by atoms with van der Waals surface area (Å²) in [5, 5.41) is 40.2. The van der Waals surface area contributed by atoms with Gasteiger partial charge in [0.1, 0.15) is 30.0 Å². The first-order valence-corrected chi connectivity index (χ1v) is 22.5. The van der Waals surface area contributed by atoms with Crippen LogP contribution in [-0.4, -0.2) is 183 Å². The third-order valence-electron chi connectivity index (χ3n) is 13.0. The molecule has 0 aromatic carbocycles. The summed E-state index contributed by atoms with van der Waals surface area (Å²) >= 11 is 0. The van der Waals surface area contributed by atoms with E-state index in [0.717, 1.165) is 13.1 Å². The first-order chi connectivity index (χ1) is 28.5. The summed E-state index contributed by atoms with van der Waals surface area (Å²) in [6, 6.07) is -1.04. The molecule has 17 nitrogen and oxygen atoms in total. The van der Waals surface area contributed by atoms with Gasteiger partial charge in [-0.2, -0.15) is 0 Å². The number of aliphatic hydroxyl groups is 3. The highest BCUT2D eigenvalue weighted by Crippen LogP contribution is 2.38. The van der Waals surface area contributed by atoms with E-state index >= 15 is 0 Å². The summed E-state index contributed by atoms with van der Waals surface area (Å²) in [5.74, 6) is -2.73. The molecule has 1 amide bonds. The summed E-state index contributed by atoms with van der Waals surface area (Å²) in [7, 11) is 9.37. The van der Waals surface area contributed by atoms with Crippen LogP contribution in [0.4, 0.5) is 0 Å². The number of aliphatic hydroxyl groups excluding tert-OH is 2. The van der Waals surface area contributed by atoms with Crippen molar-refractivity contribution in [2.75, 3.05) is 61.5 Å². The van der Waals surface area contributed by atoms with Crippen LogP contribution in [0.25, 0.3) is 0 Å². The Balaban J connectivity index is 1.90. The lowest BCUT2D eigenvalue weighted by Crippen LogP contribution is -2.59. The molecule has 16 atom stereocenters. The molecule has 3 heterocycles. The minimum atomic E-state index is -1.91. The molecule has 3 saturated heterocycles. The molecule has 0 aromatic rings. The Morgan fingerprint density at radius 1 is 0.984 bits per heavy atom. The zero-order valence-electron chi connectivity index (χ0n) is 39.4. The number of likely N-dealkylation sites (N-methyl/N-ethyl adjacent to an activating group) is 2. The number of carbonyl (C=O) groups is 3. The maximum atomic E-state index is 14.2. The molecule has 0 bridgehead atoms. The van der Waals surface area contributed by atoms with Crippen LogP contribution in [0.1, 0.15) is 107 Å². The summed E-state index contributed by atoms with van der Waals surface area (Å²) < 4.78 is 43.6. The van der Waals surface area contributed by atoms with Gasteiger partial charge in [0, 0.05) is 51.5 Å². The molecule has 0 aromatic heterocycles. The van der Waals surface area contributed by atoms with Crippen LogP contribution in [0.5, 0.6) is 0 Å². The molecule has 0 spiro atoms. The number of rotatable bonds is 16. The van der Waals surface area contributed by atoms with E-state index in [1.54, 1.807) is 27.9 Å². The van der Waals surface area contributed by atoms with Crippen LogP contribution in [0.15, 0.2) is 0 Å². The van der Waals surface area contributed by atoms with Crippen molar-refractivity contribution < 1.29 is 62.9 Å². The van der Waals surface area contributed by atoms with Crippen molar-refractivity contribution in [2.24, 2.45) is 17.8 Å². The highest BCUT2D eigenvalue weighted by Gasteiger charge is 2.47. The van der Waals surface area contributed by atoms with Crippen LogP contribution < -0.4 is 10.6 Å². The summed E-state index contributed by atoms with van der Waals surface area (Å²) in [4.78, 5) is 44.5. The van der Waals surface area contributed by atoms with Gasteiger partial charge < -0.3 is 68.9 Å². The number of nitrogens with one attached hydrogen (secondary N) is 2. The predicted octanol–water partition coefficient (Wildman–Crippen LogP) is 2.21. The number of amides is 1. The van der Waals surface area contributed by atoms with E-state index in [9.17, 15) is 29.7 Å². The molecule has 0 saturated carbocycles. The highest BCUT2D eigenvalue weighted by atomic mass is 16.7. The van der Waals surface area contributed by atoms with E-state index in [1.807, 2.05) is 60.8 Å². The van der Waals surface area contributed by atoms with Crippen LogP contribution in [-0.2, 0) is 47.5 Å². The van der Waals surface area contributed by atoms with Gasteiger partial charge >= 0.3 is 11.9 Å². The zero-order valence-corrected chi connectivity index (χ0v) is 39.4. The quantitative estimate of drug-likeness (QED) is 0.111. The van der Waals surface area contributed by atoms with Gasteiger partial charge in [0.05, 0.1) is 48.9 Å². The Hall–Kier alpha value is -2.03. The third kappa shape index (κ3) is 15.3. The molecule has 3 aliphatic heterocycles. The number of cyclic esters (lactones) is 1. The Kier molecular flexibility index (Phi) is 21.2. The average Bonchev–Trinajstić information content (AvgIpc) is 3.18. The standard InChI is InChI=1S/C44H82N4O13/c1-14-33-43(8,54)40(52)30(6)46-34(49)15-17-44(55-13,18-22-56-42-37(51)32(48(11)12)24-28(4)57-42)25-27(3)38(29(5)41(53)59-33)61-36-23-26(2)39(31(7)58-36)60-35(50)16-19-45-20-21-47(9)10/h26-33,36-40,42,45,51-52,54H,14-25H2,1-13H3,(H,46,49)/t26-,27+,28+,29+,30+,31?,32-,33+,36-,37+,38-,39+,40?,42+,43+,44-/m0/s1. The number of ether oxygens (including phenoxy) is 7. The normalized spacial score (nSPS) is 39.9. The Labute approximate surface area is 365 Å². The van der Waals surface area contributed by atoms with Crippen LogP contribution in [0.3, 0.4) is 0 Å². The molecular formula is C44H82N4O13. The second kappa shape index (κ2) is 24.3. The van der Waals surface area contributed by atoms with Crippen molar-refractivity contribution in [1.82, 2.24) is 20.4 Å². The molecule has 0 radical (unpaired) electrons. The Morgan fingerprint density at radius 3 is 2.28 bits per heavy atom. The summed E-state index contributed by atoms with van der Waals surface area (Å²) in [6.45, 7) is 16.4. The van der Waals surface area contributed by atoms with Crippen LogP contribution >= 0.6 is 0 Å². The van der Waals surface area contributed by atoms with Crippen LogP contribution in [0.2, 0.25) is 0 Å². The lowest BCUT2D eigenvalue weighted by atomic mass is 9.79.